The number of rotatable bonds is 5. The van der Waals surface area contributed by atoms with E-state index in [0.29, 0.717) is 25.4 Å². The summed E-state index contributed by atoms with van der Waals surface area (Å²) in [4.78, 5) is 0. The van der Waals surface area contributed by atoms with Crippen LogP contribution in [0.4, 0.5) is 0 Å². The van der Waals surface area contributed by atoms with Crippen molar-refractivity contribution in [3.63, 3.8) is 0 Å². The molecule has 0 spiro atoms. The minimum absolute atomic E-state index is 0.321. The highest BCUT2D eigenvalue weighted by atomic mass is 16.5. The number of hydrogen-bond donors (Lipinski definition) is 1. The average Bonchev–Trinajstić information content (AvgIpc) is 2.42. The molecule has 0 bridgehead atoms. The first-order valence-corrected chi connectivity index (χ1v) is 6.80. The number of ether oxygens (including phenoxy) is 2. The lowest BCUT2D eigenvalue weighted by atomic mass is 10.1. The molecule has 0 unspecified atom stereocenters. The van der Waals surface area contributed by atoms with E-state index < -0.39 is 0 Å². The van der Waals surface area contributed by atoms with E-state index in [4.69, 9.17) is 9.47 Å². The van der Waals surface area contributed by atoms with Crippen LogP contribution >= 0.6 is 0 Å². The van der Waals surface area contributed by atoms with Crippen molar-refractivity contribution in [2.75, 3.05) is 13.2 Å². The van der Waals surface area contributed by atoms with Crippen molar-refractivity contribution in [1.82, 2.24) is 0 Å². The minimum atomic E-state index is 0.321. The van der Waals surface area contributed by atoms with Gasteiger partial charge in [-0.2, -0.15) is 0 Å². The fourth-order valence-electron chi connectivity index (χ4n) is 1.99. The lowest BCUT2D eigenvalue weighted by molar-refractivity contribution is 0.221. The van der Waals surface area contributed by atoms with E-state index in [0.717, 1.165) is 22.6 Å². The lowest BCUT2D eigenvalue weighted by Gasteiger charge is -2.15. The number of aliphatic hydroxyl groups is 1. The Morgan fingerprint density at radius 2 is 2.25 bits per heavy atom. The Morgan fingerprint density at radius 3 is 3.00 bits per heavy atom. The standard InChI is InChI=1S/C17H20O3/c1-3-19-16-9-5-7-14(11-16)6-4-8-15-12-20-13(2)10-17(15)18/h4-7,9-11,18H,3,8,12H2,1-2H3. The maximum atomic E-state index is 9.82. The third-order valence-corrected chi connectivity index (χ3v) is 3.02. The summed E-state index contributed by atoms with van der Waals surface area (Å²) < 4.78 is 10.9. The van der Waals surface area contributed by atoms with E-state index in [1.165, 1.54) is 0 Å². The molecule has 1 aliphatic heterocycles. The summed E-state index contributed by atoms with van der Waals surface area (Å²) in [5, 5.41) is 9.82. The average molecular weight is 272 g/mol. The fraction of sp³-hybridized carbons (Fsp3) is 0.294. The molecule has 1 heterocycles. The van der Waals surface area contributed by atoms with Gasteiger partial charge >= 0.3 is 0 Å². The van der Waals surface area contributed by atoms with Gasteiger partial charge in [-0.25, -0.2) is 0 Å². The Bertz CT molecular complexity index is 553. The van der Waals surface area contributed by atoms with Gasteiger partial charge < -0.3 is 14.6 Å². The van der Waals surface area contributed by atoms with Crippen LogP contribution in [0.1, 0.15) is 25.8 Å². The highest BCUT2D eigenvalue weighted by molar-refractivity contribution is 5.52. The van der Waals surface area contributed by atoms with Crippen LogP contribution in [0.15, 0.2) is 53.5 Å². The Labute approximate surface area is 119 Å². The maximum absolute atomic E-state index is 9.82. The van der Waals surface area contributed by atoms with E-state index in [9.17, 15) is 5.11 Å². The van der Waals surface area contributed by atoms with Crippen molar-refractivity contribution >= 4 is 6.08 Å². The molecule has 3 nitrogen and oxygen atoms in total. The van der Waals surface area contributed by atoms with E-state index in [2.05, 4.69) is 0 Å². The molecule has 2 rings (SSSR count). The van der Waals surface area contributed by atoms with Crippen LogP contribution in [0.3, 0.4) is 0 Å². The van der Waals surface area contributed by atoms with Gasteiger partial charge in [0.25, 0.3) is 0 Å². The molecular formula is C17H20O3. The van der Waals surface area contributed by atoms with Crippen molar-refractivity contribution in [3.8, 4) is 5.75 Å². The zero-order chi connectivity index (χ0) is 14.4. The second-order valence-electron chi connectivity index (χ2n) is 4.64. The summed E-state index contributed by atoms with van der Waals surface area (Å²) in [5.41, 5.74) is 1.98. The van der Waals surface area contributed by atoms with Gasteiger partial charge in [-0.3, -0.25) is 0 Å². The van der Waals surface area contributed by atoms with Crippen molar-refractivity contribution in [2.45, 2.75) is 20.3 Å². The molecule has 0 saturated heterocycles. The quantitative estimate of drug-likeness (QED) is 0.871. The lowest BCUT2D eigenvalue weighted by Crippen LogP contribution is -2.05. The van der Waals surface area contributed by atoms with Gasteiger partial charge in [0.2, 0.25) is 0 Å². The van der Waals surface area contributed by atoms with E-state index in [1.54, 1.807) is 6.08 Å². The maximum Gasteiger partial charge on any atom is 0.121 e. The Balaban J connectivity index is 2.00. The van der Waals surface area contributed by atoms with Gasteiger partial charge in [0, 0.05) is 11.6 Å². The van der Waals surface area contributed by atoms with Crippen LogP contribution < -0.4 is 4.74 Å². The highest BCUT2D eigenvalue weighted by Gasteiger charge is 2.09. The summed E-state index contributed by atoms with van der Waals surface area (Å²) >= 11 is 0. The van der Waals surface area contributed by atoms with Gasteiger partial charge in [-0.1, -0.05) is 24.3 Å². The third-order valence-electron chi connectivity index (χ3n) is 3.02. The smallest absolute Gasteiger partial charge is 0.121 e. The molecule has 1 aromatic carbocycles. The number of benzene rings is 1. The minimum Gasteiger partial charge on any atom is -0.508 e. The Hall–Kier alpha value is -2.16. The monoisotopic (exact) mass is 272 g/mol. The van der Waals surface area contributed by atoms with Crippen LogP contribution in [0.5, 0.6) is 5.75 Å². The SMILES string of the molecule is CCOc1cccc(C=CCC2=C(O)C=C(C)OC2)c1. The zero-order valence-electron chi connectivity index (χ0n) is 11.9. The first kappa shape index (κ1) is 14.3. The predicted molar refractivity (Wildman–Crippen MR) is 80.6 cm³/mol. The number of allylic oxidation sites excluding steroid dienone is 3. The molecule has 0 atom stereocenters. The Kier molecular flexibility index (Phi) is 4.88. The third kappa shape index (κ3) is 3.92. The van der Waals surface area contributed by atoms with Crippen molar-refractivity contribution in [3.05, 3.63) is 59.1 Å². The molecule has 106 valence electrons. The van der Waals surface area contributed by atoms with Crippen LogP contribution in [-0.2, 0) is 4.74 Å². The van der Waals surface area contributed by atoms with E-state index in [-0.39, 0.29) is 0 Å². The van der Waals surface area contributed by atoms with E-state index in [1.807, 2.05) is 50.3 Å². The molecule has 0 fully saturated rings. The van der Waals surface area contributed by atoms with Gasteiger partial charge in [-0.05, 0) is 38.0 Å². The Morgan fingerprint density at radius 1 is 1.40 bits per heavy atom. The second kappa shape index (κ2) is 6.85. The van der Waals surface area contributed by atoms with Crippen LogP contribution in [0, 0.1) is 0 Å². The van der Waals surface area contributed by atoms with Gasteiger partial charge in [0.15, 0.2) is 0 Å². The number of hydrogen-bond acceptors (Lipinski definition) is 3. The van der Waals surface area contributed by atoms with Crippen LogP contribution in [0.2, 0.25) is 0 Å². The summed E-state index contributed by atoms with van der Waals surface area (Å²) in [7, 11) is 0. The van der Waals surface area contributed by atoms with Crippen molar-refractivity contribution < 1.29 is 14.6 Å². The summed E-state index contributed by atoms with van der Waals surface area (Å²) in [5.74, 6) is 1.94. The van der Waals surface area contributed by atoms with Gasteiger partial charge in [0.1, 0.15) is 18.1 Å². The summed E-state index contributed by atoms with van der Waals surface area (Å²) in [6, 6.07) is 7.93. The molecule has 0 amide bonds. The molecule has 0 aromatic heterocycles. The molecule has 1 aromatic rings. The fourth-order valence-corrected chi connectivity index (χ4v) is 1.99. The molecule has 1 aliphatic rings. The summed E-state index contributed by atoms with van der Waals surface area (Å²) in [6.07, 6.45) is 6.37. The topological polar surface area (TPSA) is 38.7 Å². The molecule has 20 heavy (non-hydrogen) atoms. The van der Waals surface area contributed by atoms with Gasteiger partial charge in [0.05, 0.1) is 12.4 Å². The second-order valence-corrected chi connectivity index (χ2v) is 4.64. The first-order valence-electron chi connectivity index (χ1n) is 6.80. The largest absolute Gasteiger partial charge is 0.508 e. The molecule has 0 radical (unpaired) electrons. The predicted octanol–water partition coefficient (Wildman–Crippen LogP) is 4.23. The number of aliphatic hydroxyl groups excluding tert-OH is 1. The van der Waals surface area contributed by atoms with Crippen LogP contribution in [0.25, 0.3) is 6.08 Å². The van der Waals surface area contributed by atoms with E-state index >= 15 is 0 Å². The van der Waals surface area contributed by atoms with Crippen molar-refractivity contribution in [2.24, 2.45) is 0 Å². The summed E-state index contributed by atoms with van der Waals surface area (Å²) in [6.45, 7) is 4.92. The molecule has 3 heteroatoms. The van der Waals surface area contributed by atoms with Crippen LogP contribution in [-0.4, -0.2) is 18.3 Å². The van der Waals surface area contributed by atoms with Crippen molar-refractivity contribution in [1.29, 1.82) is 0 Å². The molecule has 0 saturated carbocycles. The zero-order valence-corrected chi connectivity index (χ0v) is 11.9. The molecular weight excluding hydrogens is 252 g/mol. The molecule has 1 N–H and O–H groups in total. The normalized spacial score (nSPS) is 15.2. The highest BCUT2D eigenvalue weighted by Crippen LogP contribution is 2.19. The molecule has 0 aliphatic carbocycles. The van der Waals surface area contributed by atoms with Gasteiger partial charge in [-0.15, -0.1) is 0 Å². The first-order chi connectivity index (χ1) is 9.69.